The SMILES string of the molecule is CC(=O)N1CCC(N(Cc2cn(C)c3nc(-c4cccc(-c5ccnc(Cl)c5Cl)c4Cl)ccc23)C(=O)O)CC1. The van der Waals surface area contributed by atoms with Gasteiger partial charge in [-0.3, -0.25) is 4.79 Å². The first kappa shape index (κ1) is 27.2. The second kappa shape index (κ2) is 11.0. The molecule has 3 aromatic heterocycles. The van der Waals surface area contributed by atoms with E-state index < -0.39 is 6.09 Å². The molecule has 39 heavy (non-hydrogen) atoms. The van der Waals surface area contributed by atoms with Crippen LogP contribution >= 0.6 is 34.8 Å². The lowest BCUT2D eigenvalue weighted by molar-refractivity contribution is -0.130. The molecule has 0 atom stereocenters. The Hall–Kier alpha value is -3.33. The maximum Gasteiger partial charge on any atom is 0.407 e. The van der Waals surface area contributed by atoms with Crippen LogP contribution in [0.15, 0.2) is 48.8 Å². The van der Waals surface area contributed by atoms with Crippen LogP contribution < -0.4 is 0 Å². The Bertz CT molecular complexity index is 1580. The molecule has 8 nitrogen and oxygen atoms in total. The van der Waals surface area contributed by atoms with Gasteiger partial charge in [-0.25, -0.2) is 14.8 Å². The number of likely N-dealkylation sites (tertiary alicyclic amines) is 1. The standard InChI is InChI=1S/C28H26Cl3N5O3/c1-16(37)35-12-9-18(10-13-35)36(28(38)39)15-17-14-34(2)27-19(17)6-7-23(33-27)22-5-3-4-20(24(22)29)21-8-11-32-26(31)25(21)30/h3-8,11,14,18H,9-10,12-13,15H2,1-2H3,(H,38,39). The summed E-state index contributed by atoms with van der Waals surface area (Å²) in [5, 5.41) is 11.9. The number of carboxylic acid groups (broad SMARTS) is 1. The number of carbonyl (C=O) groups is 2. The van der Waals surface area contributed by atoms with Gasteiger partial charge in [0.2, 0.25) is 5.91 Å². The molecule has 0 aliphatic carbocycles. The summed E-state index contributed by atoms with van der Waals surface area (Å²) in [4.78, 5) is 36.0. The van der Waals surface area contributed by atoms with Crippen LogP contribution in [0.3, 0.4) is 0 Å². The number of halogens is 3. The fraction of sp³-hybridized carbons (Fsp3) is 0.286. The van der Waals surface area contributed by atoms with Gasteiger partial charge in [0, 0.05) is 67.6 Å². The lowest BCUT2D eigenvalue weighted by Crippen LogP contribution is -2.47. The summed E-state index contributed by atoms with van der Waals surface area (Å²) < 4.78 is 1.89. The number of hydrogen-bond donors (Lipinski definition) is 1. The molecule has 202 valence electrons. The van der Waals surface area contributed by atoms with Gasteiger partial charge in [-0.1, -0.05) is 53.0 Å². The molecule has 1 N–H and O–H groups in total. The van der Waals surface area contributed by atoms with Gasteiger partial charge < -0.3 is 19.5 Å². The van der Waals surface area contributed by atoms with Crippen molar-refractivity contribution >= 4 is 57.8 Å². The van der Waals surface area contributed by atoms with Crippen molar-refractivity contribution < 1.29 is 14.7 Å². The molecule has 11 heteroatoms. The van der Waals surface area contributed by atoms with Crippen LogP contribution in [0.1, 0.15) is 25.3 Å². The molecular weight excluding hydrogens is 561 g/mol. The van der Waals surface area contributed by atoms with Crippen molar-refractivity contribution in [3.8, 4) is 22.4 Å². The molecule has 0 radical (unpaired) electrons. The van der Waals surface area contributed by atoms with Crippen LogP contribution in [0, 0.1) is 0 Å². The van der Waals surface area contributed by atoms with Crippen LogP contribution in [-0.2, 0) is 18.4 Å². The Morgan fingerprint density at radius 1 is 1.03 bits per heavy atom. The number of aryl methyl sites for hydroxylation is 1. The van der Waals surface area contributed by atoms with Crippen LogP contribution in [-0.4, -0.2) is 60.6 Å². The van der Waals surface area contributed by atoms with E-state index in [1.165, 1.54) is 4.90 Å². The fourth-order valence-electron chi connectivity index (χ4n) is 5.20. The average molecular weight is 587 g/mol. The Kier molecular flexibility index (Phi) is 7.71. The Morgan fingerprint density at radius 3 is 2.41 bits per heavy atom. The minimum Gasteiger partial charge on any atom is -0.465 e. The monoisotopic (exact) mass is 585 g/mol. The second-order valence-electron chi connectivity index (χ2n) is 9.61. The molecule has 0 spiro atoms. The normalized spacial score (nSPS) is 14.1. The second-order valence-corrected chi connectivity index (χ2v) is 10.7. The maximum atomic E-state index is 12.2. The third-order valence-electron chi connectivity index (χ3n) is 7.25. The number of hydrogen-bond acceptors (Lipinski definition) is 4. The molecule has 1 aliphatic heterocycles. The molecule has 5 rings (SSSR count). The molecule has 1 saturated heterocycles. The number of rotatable bonds is 5. The van der Waals surface area contributed by atoms with Gasteiger partial charge in [-0.05, 0) is 36.6 Å². The lowest BCUT2D eigenvalue weighted by atomic mass is 10.0. The zero-order valence-electron chi connectivity index (χ0n) is 21.4. The molecule has 4 aromatic rings. The largest absolute Gasteiger partial charge is 0.465 e. The first-order chi connectivity index (χ1) is 18.7. The number of aromatic nitrogens is 3. The van der Waals surface area contributed by atoms with Crippen molar-refractivity contribution in [1.29, 1.82) is 0 Å². The fourth-order valence-corrected chi connectivity index (χ4v) is 5.90. The zero-order valence-corrected chi connectivity index (χ0v) is 23.6. The highest BCUT2D eigenvalue weighted by Crippen LogP contribution is 2.40. The van der Waals surface area contributed by atoms with Crippen molar-refractivity contribution in [2.45, 2.75) is 32.4 Å². The van der Waals surface area contributed by atoms with Crippen LogP contribution in [0.4, 0.5) is 4.79 Å². The van der Waals surface area contributed by atoms with Gasteiger partial charge in [-0.15, -0.1) is 0 Å². The first-order valence-corrected chi connectivity index (χ1v) is 13.6. The summed E-state index contributed by atoms with van der Waals surface area (Å²) in [7, 11) is 1.88. The van der Waals surface area contributed by atoms with Gasteiger partial charge in [0.1, 0.15) is 10.8 Å². The van der Waals surface area contributed by atoms with Crippen LogP contribution in [0.2, 0.25) is 15.2 Å². The number of piperidine rings is 1. The highest BCUT2D eigenvalue weighted by Gasteiger charge is 2.29. The van der Waals surface area contributed by atoms with Gasteiger partial charge in [0.25, 0.3) is 0 Å². The van der Waals surface area contributed by atoms with E-state index in [9.17, 15) is 14.7 Å². The Balaban J connectivity index is 1.46. The Labute approximate surface area is 240 Å². The number of fused-ring (bicyclic) bond motifs is 1. The van der Waals surface area contributed by atoms with E-state index >= 15 is 0 Å². The summed E-state index contributed by atoms with van der Waals surface area (Å²) in [6.45, 7) is 2.89. The molecule has 0 unspecified atom stereocenters. The van der Waals surface area contributed by atoms with E-state index in [-0.39, 0.29) is 23.6 Å². The number of carbonyl (C=O) groups excluding carboxylic acids is 1. The lowest BCUT2D eigenvalue weighted by Gasteiger charge is -2.36. The molecule has 1 aromatic carbocycles. The van der Waals surface area contributed by atoms with E-state index in [4.69, 9.17) is 39.8 Å². The summed E-state index contributed by atoms with van der Waals surface area (Å²) in [5.41, 5.74) is 4.36. The summed E-state index contributed by atoms with van der Waals surface area (Å²) in [5.74, 6) is 0.0181. The number of nitrogens with zero attached hydrogens (tertiary/aromatic N) is 5. The number of amides is 2. The van der Waals surface area contributed by atoms with E-state index in [2.05, 4.69) is 4.98 Å². The van der Waals surface area contributed by atoms with Crippen molar-refractivity contribution in [2.24, 2.45) is 7.05 Å². The van der Waals surface area contributed by atoms with Gasteiger partial charge in [0.15, 0.2) is 0 Å². The molecule has 0 bridgehead atoms. The van der Waals surface area contributed by atoms with Crippen molar-refractivity contribution in [3.05, 3.63) is 69.6 Å². The first-order valence-electron chi connectivity index (χ1n) is 12.4. The summed E-state index contributed by atoms with van der Waals surface area (Å²) >= 11 is 19.4. The highest BCUT2D eigenvalue weighted by atomic mass is 35.5. The van der Waals surface area contributed by atoms with Crippen molar-refractivity contribution in [1.82, 2.24) is 24.3 Å². The van der Waals surface area contributed by atoms with Crippen LogP contribution in [0.25, 0.3) is 33.4 Å². The zero-order chi connectivity index (χ0) is 27.8. The predicted octanol–water partition coefficient (Wildman–Crippen LogP) is 6.75. The van der Waals surface area contributed by atoms with Gasteiger partial charge in [-0.2, -0.15) is 0 Å². The minimum absolute atomic E-state index is 0.0181. The third-order valence-corrected chi connectivity index (χ3v) is 8.43. The van der Waals surface area contributed by atoms with E-state index in [1.807, 2.05) is 48.1 Å². The Morgan fingerprint density at radius 2 is 1.72 bits per heavy atom. The molecule has 4 heterocycles. The van der Waals surface area contributed by atoms with E-state index in [0.717, 1.165) is 16.5 Å². The van der Waals surface area contributed by atoms with Crippen LogP contribution in [0.5, 0.6) is 0 Å². The molecule has 2 amide bonds. The summed E-state index contributed by atoms with van der Waals surface area (Å²) in [6.07, 6.45) is 3.74. The maximum absolute atomic E-state index is 12.2. The van der Waals surface area contributed by atoms with E-state index in [0.29, 0.717) is 58.4 Å². The summed E-state index contributed by atoms with van der Waals surface area (Å²) in [6, 6.07) is 11.1. The highest BCUT2D eigenvalue weighted by molar-refractivity contribution is 6.43. The number of pyridine rings is 2. The topological polar surface area (TPSA) is 91.6 Å². The van der Waals surface area contributed by atoms with Crippen molar-refractivity contribution in [3.63, 3.8) is 0 Å². The average Bonchev–Trinajstić information content (AvgIpc) is 3.23. The molecule has 0 saturated carbocycles. The smallest absolute Gasteiger partial charge is 0.407 e. The quantitative estimate of drug-likeness (QED) is 0.261. The van der Waals surface area contributed by atoms with E-state index in [1.54, 1.807) is 24.1 Å². The minimum atomic E-state index is -0.976. The number of benzene rings is 1. The van der Waals surface area contributed by atoms with Gasteiger partial charge >= 0.3 is 6.09 Å². The molecular formula is C28H26Cl3N5O3. The van der Waals surface area contributed by atoms with Gasteiger partial charge in [0.05, 0.1) is 22.3 Å². The third kappa shape index (κ3) is 5.29. The predicted molar refractivity (Wildman–Crippen MR) is 153 cm³/mol. The van der Waals surface area contributed by atoms with Crippen molar-refractivity contribution in [2.75, 3.05) is 13.1 Å². The molecule has 1 fully saturated rings. The molecule has 1 aliphatic rings.